The van der Waals surface area contributed by atoms with E-state index >= 15 is 0 Å². The van der Waals surface area contributed by atoms with Crippen molar-refractivity contribution in [3.05, 3.63) is 65.2 Å². The fourth-order valence-electron chi connectivity index (χ4n) is 3.35. The van der Waals surface area contributed by atoms with E-state index in [0.717, 1.165) is 0 Å². The fourth-order valence-corrected chi connectivity index (χ4v) is 3.35. The molecule has 6 N–H and O–H groups in total. The number of aromatic nitrogens is 4. The summed E-state index contributed by atoms with van der Waals surface area (Å²) < 4.78 is 2.62. The van der Waals surface area contributed by atoms with Gasteiger partial charge in [-0.2, -0.15) is 0 Å². The van der Waals surface area contributed by atoms with Gasteiger partial charge in [0.2, 0.25) is 17.7 Å². The molecule has 202 valence electrons. The number of amides is 3. The molecule has 0 saturated heterocycles. The largest absolute Gasteiger partial charge is 0.368 e. The molecule has 2 aromatic heterocycles. The monoisotopic (exact) mass is 520 g/mol. The number of carbonyl (C=O) groups is 3. The molecule has 0 radical (unpaired) electrons. The van der Waals surface area contributed by atoms with Gasteiger partial charge in [-0.05, 0) is 13.8 Å². The Morgan fingerprint density at radius 1 is 0.865 bits per heavy atom. The van der Waals surface area contributed by atoms with Gasteiger partial charge in [0.1, 0.15) is 0 Å². The highest BCUT2D eigenvalue weighted by Crippen LogP contribution is 1.99. The predicted octanol–water partition coefficient (Wildman–Crippen LogP) is -3.50. The van der Waals surface area contributed by atoms with E-state index in [1.165, 1.54) is 26.4 Å². The summed E-state index contributed by atoms with van der Waals surface area (Å²) in [6.45, 7) is 3.96. The number of hydrogen-bond donors (Lipinski definition) is 5. The zero-order chi connectivity index (χ0) is 27.5. The predicted molar refractivity (Wildman–Crippen MR) is 133 cm³/mol. The number of hydrogen-bond acceptors (Lipinski definition) is 8. The van der Waals surface area contributed by atoms with Gasteiger partial charge in [0.25, 0.3) is 11.1 Å². The van der Waals surface area contributed by atoms with E-state index in [1.807, 2.05) is 0 Å². The van der Waals surface area contributed by atoms with Crippen molar-refractivity contribution >= 4 is 17.7 Å². The molecule has 0 unspecified atom stereocenters. The van der Waals surface area contributed by atoms with Gasteiger partial charge in [-0.3, -0.25) is 43.1 Å². The minimum absolute atomic E-state index is 0.0343. The van der Waals surface area contributed by atoms with Crippen LogP contribution in [0.4, 0.5) is 0 Å². The number of carbonyl (C=O) groups excluding carboxylic acids is 3. The van der Waals surface area contributed by atoms with Crippen molar-refractivity contribution in [3.63, 3.8) is 0 Å². The molecule has 0 aliphatic rings. The van der Waals surface area contributed by atoms with E-state index in [-0.39, 0.29) is 58.0 Å². The maximum atomic E-state index is 12.9. The van der Waals surface area contributed by atoms with Gasteiger partial charge in [-0.25, -0.2) is 9.59 Å². The van der Waals surface area contributed by atoms with Crippen LogP contribution in [0, 0.1) is 13.8 Å². The van der Waals surface area contributed by atoms with Gasteiger partial charge < -0.3 is 21.3 Å². The average molecular weight is 521 g/mol. The fraction of sp³-hybridized carbons (Fsp3) is 0.500. The molecule has 0 saturated carbocycles. The lowest BCUT2D eigenvalue weighted by Gasteiger charge is -2.23. The van der Waals surface area contributed by atoms with Crippen LogP contribution in [-0.2, 0) is 27.5 Å². The van der Waals surface area contributed by atoms with E-state index in [2.05, 4.69) is 20.6 Å². The molecule has 0 bridgehead atoms. The van der Waals surface area contributed by atoms with Crippen LogP contribution in [0.25, 0.3) is 0 Å². The first-order valence-electron chi connectivity index (χ1n) is 11.6. The zero-order valence-electron chi connectivity index (χ0n) is 20.8. The minimum Gasteiger partial charge on any atom is -0.368 e. The first-order valence-corrected chi connectivity index (χ1v) is 11.6. The molecule has 2 heterocycles. The Hall–Kier alpha value is -4.27. The standard InChI is InChI=1S/C22H32N8O7/c1-14-12-29(21(36)26-19(14)34)8-6-24-5-3-18(33)28(7-4-17(32)25-11-16(23)31)9-10-30-13-15(2)20(35)27-22(30)37/h12-13,24H,3-11H2,1-2H3,(H2,23,31)(H,25,32)(H,26,34,36)(H,27,35,37). The number of aryl methyl sites for hydroxylation is 2. The van der Waals surface area contributed by atoms with Crippen LogP contribution in [0.5, 0.6) is 0 Å². The quantitative estimate of drug-likeness (QED) is 0.157. The van der Waals surface area contributed by atoms with Crippen molar-refractivity contribution in [2.24, 2.45) is 5.73 Å². The summed E-state index contributed by atoms with van der Waals surface area (Å²) in [7, 11) is 0. The summed E-state index contributed by atoms with van der Waals surface area (Å²) in [6.07, 6.45) is 2.84. The van der Waals surface area contributed by atoms with Crippen molar-refractivity contribution in [2.75, 3.05) is 32.7 Å². The molecular formula is C22H32N8O7. The van der Waals surface area contributed by atoms with E-state index in [9.17, 15) is 33.6 Å². The highest BCUT2D eigenvalue weighted by molar-refractivity contribution is 5.84. The minimum atomic E-state index is -0.695. The average Bonchev–Trinajstić information content (AvgIpc) is 2.83. The molecule has 2 rings (SSSR count). The van der Waals surface area contributed by atoms with Crippen molar-refractivity contribution in [3.8, 4) is 0 Å². The van der Waals surface area contributed by atoms with E-state index < -0.39 is 34.3 Å². The van der Waals surface area contributed by atoms with Crippen LogP contribution in [-0.4, -0.2) is 74.4 Å². The first-order chi connectivity index (χ1) is 17.5. The number of nitrogens with zero attached hydrogens (tertiary/aromatic N) is 3. The Kier molecular flexibility index (Phi) is 10.7. The second-order valence-electron chi connectivity index (χ2n) is 8.40. The van der Waals surface area contributed by atoms with Crippen molar-refractivity contribution in [1.82, 2.24) is 34.6 Å². The van der Waals surface area contributed by atoms with Crippen molar-refractivity contribution in [2.45, 2.75) is 39.8 Å². The molecule has 0 aliphatic carbocycles. The summed E-state index contributed by atoms with van der Waals surface area (Å²) in [5.74, 6) is -1.45. The second kappa shape index (κ2) is 13.7. The van der Waals surface area contributed by atoms with Gasteiger partial charge in [0.15, 0.2) is 0 Å². The van der Waals surface area contributed by atoms with Gasteiger partial charge in [-0.15, -0.1) is 0 Å². The Morgan fingerprint density at radius 2 is 1.43 bits per heavy atom. The van der Waals surface area contributed by atoms with Crippen LogP contribution >= 0.6 is 0 Å². The zero-order valence-corrected chi connectivity index (χ0v) is 20.8. The van der Waals surface area contributed by atoms with Crippen LogP contribution in [0.15, 0.2) is 31.6 Å². The molecule has 0 aliphatic heterocycles. The van der Waals surface area contributed by atoms with Crippen molar-refractivity contribution < 1.29 is 14.4 Å². The summed E-state index contributed by atoms with van der Waals surface area (Å²) in [5, 5.41) is 5.40. The number of nitrogens with one attached hydrogen (secondary N) is 4. The van der Waals surface area contributed by atoms with Crippen LogP contribution < -0.4 is 38.9 Å². The lowest BCUT2D eigenvalue weighted by molar-refractivity contribution is -0.132. The molecular weight excluding hydrogens is 488 g/mol. The van der Waals surface area contributed by atoms with Crippen molar-refractivity contribution in [1.29, 1.82) is 0 Å². The third-order valence-electron chi connectivity index (χ3n) is 5.46. The molecule has 0 aromatic carbocycles. The van der Waals surface area contributed by atoms with E-state index in [0.29, 0.717) is 17.7 Å². The van der Waals surface area contributed by atoms with Crippen LogP contribution in [0.2, 0.25) is 0 Å². The summed E-state index contributed by atoms with van der Waals surface area (Å²) in [4.78, 5) is 88.4. The lowest BCUT2D eigenvalue weighted by Crippen LogP contribution is -2.41. The Morgan fingerprint density at radius 3 is 2.00 bits per heavy atom. The Balaban J connectivity index is 1.94. The summed E-state index contributed by atoms with van der Waals surface area (Å²) in [5.41, 5.74) is 3.68. The number of aromatic amines is 2. The van der Waals surface area contributed by atoms with Gasteiger partial charge in [0, 0.05) is 75.6 Å². The smallest absolute Gasteiger partial charge is 0.328 e. The second-order valence-corrected chi connectivity index (χ2v) is 8.40. The van der Waals surface area contributed by atoms with Gasteiger partial charge in [0.05, 0.1) is 6.54 Å². The highest BCUT2D eigenvalue weighted by atomic mass is 16.2. The topological polar surface area (TPSA) is 214 Å². The number of nitrogens with two attached hydrogens (primary N) is 1. The molecule has 37 heavy (non-hydrogen) atoms. The van der Waals surface area contributed by atoms with E-state index in [4.69, 9.17) is 5.73 Å². The Bertz CT molecular complexity index is 1350. The first kappa shape index (κ1) is 29.0. The molecule has 15 heteroatoms. The third kappa shape index (κ3) is 9.36. The summed E-state index contributed by atoms with van der Waals surface area (Å²) in [6, 6.07) is 0. The normalized spacial score (nSPS) is 10.8. The SMILES string of the molecule is Cc1cn(CCNCCC(=O)N(CCC(=O)NCC(N)=O)CCn2cc(C)c(=O)[nH]c2=O)c(=O)[nH]c1=O. The third-order valence-corrected chi connectivity index (χ3v) is 5.46. The Labute approximate surface area is 210 Å². The lowest BCUT2D eigenvalue weighted by atomic mass is 10.3. The molecule has 0 fully saturated rings. The molecule has 3 amide bonds. The van der Waals surface area contributed by atoms with Crippen LogP contribution in [0.1, 0.15) is 24.0 Å². The highest BCUT2D eigenvalue weighted by Gasteiger charge is 2.16. The molecule has 0 spiro atoms. The van der Waals surface area contributed by atoms with Crippen LogP contribution in [0.3, 0.4) is 0 Å². The molecule has 0 atom stereocenters. The maximum Gasteiger partial charge on any atom is 0.328 e. The van der Waals surface area contributed by atoms with Gasteiger partial charge in [-0.1, -0.05) is 0 Å². The maximum absolute atomic E-state index is 12.9. The molecule has 2 aromatic rings. The number of H-pyrrole nitrogens is 2. The summed E-state index contributed by atoms with van der Waals surface area (Å²) >= 11 is 0. The number of primary amides is 1. The molecule has 15 nitrogen and oxygen atoms in total. The van der Waals surface area contributed by atoms with Gasteiger partial charge >= 0.3 is 11.4 Å². The van der Waals surface area contributed by atoms with E-state index in [1.54, 1.807) is 13.8 Å². The number of rotatable bonds is 14.